The normalized spacial score (nSPS) is 24.8. The Labute approximate surface area is 127 Å². The molecule has 0 bridgehead atoms. The van der Waals surface area contributed by atoms with Gasteiger partial charge >= 0.3 is 0 Å². The van der Waals surface area contributed by atoms with E-state index in [4.69, 9.17) is 4.74 Å². The quantitative estimate of drug-likeness (QED) is 0.826. The van der Waals surface area contributed by atoms with Gasteiger partial charge in [0.05, 0.1) is 11.0 Å². The SMILES string of the molecule is COC1CN(S(=O)(=O)c2ccc(F)cc2Br)CCC1C. The first-order chi connectivity index (χ1) is 9.36. The van der Waals surface area contributed by atoms with Crippen LogP contribution in [0, 0.1) is 11.7 Å². The molecule has 2 atom stereocenters. The summed E-state index contributed by atoms with van der Waals surface area (Å²) in [6.07, 6.45) is 0.633. The van der Waals surface area contributed by atoms with E-state index in [-0.39, 0.29) is 15.5 Å². The van der Waals surface area contributed by atoms with Gasteiger partial charge in [-0.1, -0.05) is 6.92 Å². The number of ether oxygens (including phenoxy) is 1. The first-order valence-corrected chi connectivity index (χ1v) is 8.57. The lowest BCUT2D eigenvalue weighted by molar-refractivity contribution is 0.0183. The second-order valence-electron chi connectivity index (χ2n) is 4.98. The van der Waals surface area contributed by atoms with Crippen LogP contribution in [0.25, 0.3) is 0 Å². The van der Waals surface area contributed by atoms with Crippen LogP contribution in [0.15, 0.2) is 27.6 Å². The lowest BCUT2D eigenvalue weighted by Gasteiger charge is -2.35. The fourth-order valence-corrected chi connectivity index (χ4v) is 4.83. The summed E-state index contributed by atoms with van der Waals surface area (Å²) in [6, 6.07) is 3.60. The third-order valence-electron chi connectivity index (χ3n) is 3.67. The van der Waals surface area contributed by atoms with Gasteiger partial charge in [0.15, 0.2) is 0 Å². The number of benzene rings is 1. The lowest BCUT2D eigenvalue weighted by atomic mass is 9.97. The molecule has 20 heavy (non-hydrogen) atoms. The second kappa shape index (κ2) is 6.09. The Bertz CT molecular complexity index is 593. The van der Waals surface area contributed by atoms with E-state index in [1.165, 1.54) is 10.4 Å². The molecule has 112 valence electrons. The molecule has 2 unspecified atom stereocenters. The minimum atomic E-state index is -3.64. The van der Waals surface area contributed by atoms with Gasteiger partial charge in [0, 0.05) is 24.7 Å². The van der Waals surface area contributed by atoms with Crippen LogP contribution in [-0.4, -0.2) is 39.0 Å². The van der Waals surface area contributed by atoms with E-state index >= 15 is 0 Å². The Morgan fingerprint density at radius 2 is 2.15 bits per heavy atom. The van der Waals surface area contributed by atoms with Crippen molar-refractivity contribution >= 4 is 26.0 Å². The highest BCUT2D eigenvalue weighted by atomic mass is 79.9. The summed E-state index contributed by atoms with van der Waals surface area (Å²) in [7, 11) is -2.05. The number of nitrogens with zero attached hydrogens (tertiary/aromatic N) is 1. The highest BCUT2D eigenvalue weighted by molar-refractivity contribution is 9.10. The molecule has 0 N–H and O–H groups in total. The van der Waals surface area contributed by atoms with E-state index in [2.05, 4.69) is 15.9 Å². The molecule has 0 saturated carbocycles. The highest BCUT2D eigenvalue weighted by Crippen LogP contribution is 2.29. The predicted molar refractivity (Wildman–Crippen MR) is 77.4 cm³/mol. The average Bonchev–Trinajstić information content (AvgIpc) is 2.38. The number of hydrogen-bond donors (Lipinski definition) is 0. The fourth-order valence-electron chi connectivity index (χ4n) is 2.35. The van der Waals surface area contributed by atoms with Gasteiger partial charge in [-0.05, 0) is 46.5 Å². The van der Waals surface area contributed by atoms with Crippen LogP contribution in [0.5, 0.6) is 0 Å². The number of halogens is 2. The van der Waals surface area contributed by atoms with Crippen LogP contribution in [0.1, 0.15) is 13.3 Å². The summed E-state index contributed by atoms with van der Waals surface area (Å²) in [5.41, 5.74) is 0. The number of hydrogen-bond acceptors (Lipinski definition) is 3. The Kier molecular flexibility index (Phi) is 4.84. The Hall–Kier alpha value is -0.500. The average molecular weight is 366 g/mol. The zero-order valence-electron chi connectivity index (χ0n) is 11.3. The molecule has 1 fully saturated rings. The van der Waals surface area contributed by atoms with Gasteiger partial charge < -0.3 is 4.74 Å². The van der Waals surface area contributed by atoms with Crippen LogP contribution < -0.4 is 0 Å². The topological polar surface area (TPSA) is 46.6 Å². The van der Waals surface area contributed by atoms with E-state index in [1.54, 1.807) is 7.11 Å². The van der Waals surface area contributed by atoms with Crippen LogP contribution in [0.3, 0.4) is 0 Å². The summed E-state index contributed by atoms with van der Waals surface area (Å²) >= 11 is 3.12. The Morgan fingerprint density at radius 3 is 2.75 bits per heavy atom. The van der Waals surface area contributed by atoms with Gasteiger partial charge in [-0.25, -0.2) is 12.8 Å². The summed E-state index contributed by atoms with van der Waals surface area (Å²) in [5.74, 6) is -0.152. The molecule has 2 rings (SSSR count). The molecular formula is C13H17BrFNO3S. The highest BCUT2D eigenvalue weighted by Gasteiger charge is 2.34. The number of rotatable bonds is 3. The third kappa shape index (κ3) is 3.05. The largest absolute Gasteiger partial charge is 0.380 e. The number of piperidine rings is 1. The summed E-state index contributed by atoms with van der Waals surface area (Å²) < 4.78 is 45.3. The molecule has 1 aromatic rings. The second-order valence-corrected chi connectivity index (χ2v) is 7.74. The van der Waals surface area contributed by atoms with Crippen LogP contribution >= 0.6 is 15.9 Å². The maximum atomic E-state index is 13.1. The van der Waals surface area contributed by atoms with Crippen molar-refractivity contribution in [3.05, 3.63) is 28.5 Å². The first kappa shape index (κ1) is 15.9. The van der Waals surface area contributed by atoms with Gasteiger partial charge in [0.1, 0.15) is 5.82 Å². The van der Waals surface area contributed by atoms with E-state index in [0.29, 0.717) is 19.0 Å². The smallest absolute Gasteiger partial charge is 0.244 e. The van der Waals surface area contributed by atoms with E-state index in [1.807, 2.05) is 6.92 Å². The number of sulfonamides is 1. The maximum absolute atomic E-state index is 13.1. The number of methoxy groups -OCH3 is 1. The minimum absolute atomic E-state index is 0.0864. The fraction of sp³-hybridized carbons (Fsp3) is 0.538. The van der Waals surface area contributed by atoms with Crippen LogP contribution in [0.4, 0.5) is 4.39 Å². The zero-order valence-corrected chi connectivity index (χ0v) is 13.7. The molecule has 1 aromatic carbocycles. The van der Waals surface area contributed by atoms with Crippen LogP contribution in [0.2, 0.25) is 0 Å². The molecule has 4 nitrogen and oxygen atoms in total. The standard InChI is InChI=1S/C13H17BrFNO3S/c1-9-5-6-16(8-12(9)19-2)20(17,18)13-4-3-10(15)7-11(13)14/h3-4,7,9,12H,5-6,8H2,1-2H3. The lowest BCUT2D eigenvalue weighted by Crippen LogP contribution is -2.46. The van der Waals surface area contributed by atoms with Crippen molar-refractivity contribution in [1.82, 2.24) is 4.31 Å². The molecule has 0 radical (unpaired) electrons. The molecule has 1 heterocycles. The van der Waals surface area contributed by atoms with Crippen molar-refractivity contribution in [3.63, 3.8) is 0 Å². The van der Waals surface area contributed by atoms with Gasteiger partial charge in [-0.2, -0.15) is 4.31 Å². The van der Waals surface area contributed by atoms with Crippen molar-refractivity contribution in [2.45, 2.75) is 24.3 Å². The van der Waals surface area contributed by atoms with Gasteiger partial charge in [0.25, 0.3) is 0 Å². The Morgan fingerprint density at radius 1 is 1.45 bits per heavy atom. The molecular weight excluding hydrogens is 349 g/mol. The third-order valence-corrected chi connectivity index (χ3v) is 6.51. The molecule has 1 aliphatic rings. The summed E-state index contributed by atoms with van der Waals surface area (Å²) in [5, 5.41) is 0. The molecule has 0 amide bonds. The van der Waals surface area contributed by atoms with Gasteiger partial charge in [0.2, 0.25) is 10.0 Å². The van der Waals surface area contributed by atoms with E-state index in [0.717, 1.165) is 18.6 Å². The zero-order chi connectivity index (χ0) is 14.9. The summed E-state index contributed by atoms with van der Waals surface area (Å²) in [6.45, 7) is 2.82. The van der Waals surface area contributed by atoms with Crippen molar-refractivity contribution in [2.24, 2.45) is 5.92 Å². The Balaban J connectivity index is 2.31. The molecule has 0 aliphatic carbocycles. The van der Waals surface area contributed by atoms with Gasteiger partial charge in [-0.3, -0.25) is 0 Å². The minimum Gasteiger partial charge on any atom is -0.380 e. The molecule has 1 saturated heterocycles. The van der Waals surface area contributed by atoms with Crippen molar-refractivity contribution < 1.29 is 17.5 Å². The van der Waals surface area contributed by atoms with Crippen LogP contribution in [-0.2, 0) is 14.8 Å². The van der Waals surface area contributed by atoms with Crippen molar-refractivity contribution in [2.75, 3.05) is 20.2 Å². The maximum Gasteiger partial charge on any atom is 0.244 e. The van der Waals surface area contributed by atoms with Crippen molar-refractivity contribution in [1.29, 1.82) is 0 Å². The van der Waals surface area contributed by atoms with E-state index in [9.17, 15) is 12.8 Å². The molecule has 1 aliphatic heterocycles. The molecule has 7 heteroatoms. The van der Waals surface area contributed by atoms with E-state index < -0.39 is 15.8 Å². The molecule has 0 spiro atoms. The van der Waals surface area contributed by atoms with Gasteiger partial charge in [-0.15, -0.1) is 0 Å². The van der Waals surface area contributed by atoms with Crippen molar-refractivity contribution in [3.8, 4) is 0 Å². The summed E-state index contributed by atoms with van der Waals surface area (Å²) in [4.78, 5) is 0.0864. The predicted octanol–water partition coefficient (Wildman–Crippen LogP) is 2.63. The monoisotopic (exact) mass is 365 g/mol. The molecule has 0 aromatic heterocycles. The first-order valence-electron chi connectivity index (χ1n) is 6.34.